The first-order valence-electron chi connectivity index (χ1n) is 9.36. The molecule has 0 aliphatic heterocycles. The summed E-state index contributed by atoms with van der Waals surface area (Å²) in [5.41, 5.74) is 1.57. The van der Waals surface area contributed by atoms with Gasteiger partial charge in [-0.15, -0.1) is 0 Å². The number of nitrogens with one attached hydrogen (secondary N) is 1. The van der Waals surface area contributed by atoms with Crippen molar-refractivity contribution in [1.29, 1.82) is 10.5 Å². The van der Waals surface area contributed by atoms with Crippen molar-refractivity contribution in [2.75, 3.05) is 18.5 Å². The summed E-state index contributed by atoms with van der Waals surface area (Å²) in [7, 11) is 0. The molecular weight excluding hydrogens is 382 g/mol. The fourth-order valence-corrected chi connectivity index (χ4v) is 3.17. The highest BCUT2D eigenvalue weighted by atomic mass is 16.6. The van der Waals surface area contributed by atoms with Gasteiger partial charge >= 0.3 is 11.9 Å². The minimum atomic E-state index is -0.855. The first-order valence-corrected chi connectivity index (χ1v) is 9.36. The van der Waals surface area contributed by atoms with Gasteiger partial charge in [0, 0.05) is 17.5 Å². The molecule has 0 unspecified atom stereocenters. The maximum atomic E-state index is 12.5. The van der Waals surface area contributed by atoms with E-state index in [-0.39, 0.29) is 29.8 Å². The van der Waals surface area contributed by atoms with Crippen LogP contribution in [0.5, 0.6) is 0 Å². The van der Waals surface area contributed by atoms with Gasteiger partial charge in [0.15, 0.2) is 0 Å². The number of ether oxygens (including phenoxy) is 2. The van der Waals surface area contributed by atoms with E-state index in [4.69, 9.17) is 9.47 Å². The lowest BCUT2D eigenvalue weighted by Crippen LogP contribution is -2.25. The van der Waals surface area contributed by atoms with Crippen LogP contribution in [0.25, 0.3) is 0 Å². The van der Waals surface area contributed by atoms with Crippen molar-refractivity contribution in [3.8, 4) is 12.1 Å². The second-order valence-electron chi connectivity index (χ2n) is 7.45. The Labute approximate surface area is 175 Å². The normalized spacial score (nSPS) is 16.5. The number of carbonyl (C=O) groups is 2. The molecule has 0 saturated carbocycles. The number of benzene rings is 1. The van der Waals surface area contributed by atoms with Crippen LogP contribution in [0.1, 0.15) is 26.7 Å². The number of carbonyl (C=O) groups excluding carboxylic acids is 2. The molecule has 1 aromatic carbocycles. The Balaban J connectivity index is 2.34. The summed E-state index contributed by atoms with van der Waals surface area (Å²) in [5, 5.41) is 22.7. The summed E-state index contributed by atoms with van der Waals surface area (Å²) < 4.78 is 9.83. The third-order valence-electron chi connectivity index (χ3n) is 4.44. The second kappa shape index (κ2) is 10.1. The van der Waals surface area contributed by atoms with E-state index < -0.39 is 11.9 Å². The van der Waals surface area contributed by atoms with Gasteiger partial charge in [0.05, 0.1) is 5.57 Å². The van der Waals surface area contributed by atoms with E-state index in [0.29, 0.717) is 24.1 Å². The predicted octanol–water partition coefficient (Wildman–Crippen LogP) is 3.79. The number of rotatable bonds is 7. The van der Waals surface area contributed by atoms with E-state index in [2.05, 4.69) is 18.0 Å². The van der Waals surface area contributed by atoms with Gasteiger partial charge in [0.2, 0.25) is 0 Å². The number of allylic oxidation sites excluding steroid dienone is 3. The standard InChI is InChI=1S/C23H23N3O4/c1-4-21(27)29-10-11-30-22(28)19(15-25)17-12-23(2,3)13-20(18(17)14-24)26-16-8-6-5-7-9-16/h4-9,26H,1,10-13H2,2-3H3/b19-17-. The van der Waals surface area contributed by atoms with E-state index in [1.165, 1.54) is 0 Å². The fourth-order valence-electron chi connectivity index (χ4n) is 3.17. The number of hydrogen-bond acceptors (Lipinski definition) is 7. The van der Waals surface area contributed by atoms with E-state index in [1.807, 2.05) is 50.2 Å². The first kappa shape index (κ1) is 22.4. The average molecular weight is 405 g/mol. The summed E-state index contributed by atoms with van der Waals surface area (Å²) in [5.74, 6) is -1.49. The zero-order valence-corrected chi connectivity index (χ0v) is 17.0. The Kier molecular flexibility index (Phi) is 7.55. The molecule has 0 fully saturated rings. The van der Waals surface area contributed by atoms with Crippen LogP contribution in [-0.2, 0) is 19.1 Å². The number of para-hydroxylation sites is 1. The summed E-state index contributed by atoms with van der Waals surface area (Å²) in [6, 6.07) is 13.4. The third-order valence-corrected chi connectivity index (χ3v) is 4.44. The lowest BCUT2D eigenvalue weighted by Gasteiger charge is -2.33. The zero-order chi connectivity index (χ0) is 22.1. The molecular formula is C23H23N3O4. The number of nitriles is 2. The minimum absolute atomic E-state index is 0.155. The number of anilines is 1. The summed E-state index contributed by atoms with van der Waals surface area (Å²) in [6.45, 7) is 6.91. The predicted molar refractivity (Wildman–Crippen MR) is 110 cm³/mol. The minimum Gasteiger partial charge on any atom is -0.459 e. The van der Waals surface area contributed by atoms with Crippen molar-refractivity contribution in [2.45, 2.75) is 26.7 Å². The molecule has 1 N–H and O–H groups in total. The largest absolute Gasteiger partial charge is 0.459 e. The molecule has 0 atom stereocenters. The van der Waals surface area contributed by atoms with Crippen LogP contribution >= 0.6 is 0 Å². The van der Waals surface area contributed by atoms with Crippen LogP contribution in [0.15, 0.2) is 65.4 Å². The maximum absolute atomic E-state index is 12.5. The topological polar surface area (TPSA) is 112 Å². The monoisotopic (exact) mass is 405 g/mol. The van der Waals surface area contributed by atoms with Gasteiger partial charge in [0.25, 0.3) is 0 Å². The van der Waals surface area contributed by atoms with Crippen LogP contribution in [0.3, 0.4) is 0 Å². The van der Waals surface area contributed by atoms with Crippen LogP contribution in [0, 0.1) is 28.1 Å². The van der Waals surface area contributed by atoms with E-state index in [1.54, 1.807) is 0 Å². The maximum Gasteiger partial charge on any atom is 0.349 e. The van der Waals surface area contributed by atoms with Crippen molar-refractivity contribution < 1.29 is 19.1 Å². The molecule has 7 nitrogen and oxygen atoms in total. The fraction of sp³-hybridized carbons (Fsp3) is 0.304. The zero-order valence-electron chi connectivity index (χ0n) is 17.0. The highest BCUT2D eigenvalue weighted by molar-refractivity contribution is 5.95. The van der Waals surface area contributed by atoms with Crippen LogP contribution in [-0.4, -0.2) is 25.2 Å². The molecule has 0 aromatic heterocycles. The van der Waals surface area contributed by atoms with Gasteiger partial charge in [-0.25, -0.2) is 9.59 Å². The SMILES string of the molecule is C=CC(=O)OCCOC(=O)/C(C#N)=C1/CC(C)(C)CC(Nc2ccccc2)=C1C#N. The third kappa shape index (κ3) is 5.83. The van der Waals surface area contributed by atoms with Crippen LogP contribution in [0.4, 0.5) is 5.69 Å². The van der Waals surface area contributed by atoms with Gasteiger partial charge in [0.1, 0.15) is 30.9 Å². The molecule has 0 spiro atoms. The highest BCUT2D eigenvalue weighted by Crippen LogP contribution is 2.43. The Morgan fingerprint density at radius 1 is 1.17 bits per heavy atom. The average Bonchev–Trinajstić information content (AvgIpc) is 2.71. The Morgan fingerprint density at radius 3 is 2.43 bits per heavy atom. The first-order chi connectivity index (χ1) is 14.3. The van der Waals surface area contributed by atoms with Gasteiger partial charge < -0.3 is 14.8 Å². The van der Waals surface area contributed by atoms with E-state index in [9.17, 15) is 20.1 Å². The number of hydrogen-bond donors (Lipinski definition) is 1. The molecule has 2 rings (SSSR count). The van der Waals surface area contributed by atoms with Crippen molar-refractivity contribution in [3.05, 3.63) is 65.4 Å². The van der Waals surface area contributed by atoms with E-state index in [0.717, 1.165) is 11.8 Å². The molecule has 154 valence electrons. The van der Waals surface area contributed by atoms with Crippen molar-refractivity contribution >= 4 is 17.6 Å². The van der Waals surface area contributed by atoms with Crippen molar-refractivity contribution in [2.24, 2.45) is 5.41 Å². The van der Waals surface area contributed by atoms with Crippen molar-refractivity contribution in [1.82, 2.24) is 0 Å². The van der Waals surface area contributed by atoms with Crippen LogP contribution in [0.2, 0.25) is 0 Å². The second-order valence-corrected chi connectivity index (χ2v) is 7.45. The van der Waals surface area contributed by atoms with Gasteiger partial charge in [-0.1, -0.05) is 38.6 Å². The molecule has 0 bridgehead atoms. The van der Waals surface area contributed by atoms with Crippen LogP contribution < -0.4 is 5.32 Å². The Morgan fingerprint density at radius 2 is 1.83 bits per heavy atom. The molecule has 30 heavy (non-hydrogen) atoms. The van der Waals surface area contributed by atoms with Gasteiger partial charge in [-0.2, -0.15) is 10.5 Å². The lowest BCUT2D eigenvalue weighted by molar-refractivity contribution is -0.146. The van der Waals surface area contributed by atoms with E-state index >= 15 is 0 Å². The molecule has 0 amide bonds. The highest BCUT2D eigenvalue weighted by Gasteiger charge is 2.34. The lowest BCUT2D eigenvalue weighted by atomic mass is 9.73. The summed E-state index contributed by atoms with van der Waals surface area (Å²) in [6.07, 6.45) is 1.96. The smallest absolute Gasteiger partial charge is 0.349 e. The molecule has 0 radical (unpaired) electrons. The molecule has 1 aromatic rings. The number of esters is 2. The molecule has 1 aliphatic rings. The molecule has 7 heteroatoms. The van der Waals surface area contributed by atoms with Gasteiger partial charge in [-0.05, 0) is 36.0 Å². The quantitative estimate of drug-likeness (QED) is 0.318. The summed E-state index contributed by atoms with van der Waals surface area (Å²) in [4.78, 5) is 23.6. The number of nitrogens with zero attached hydrogens (tertiary/aromatic N) is 2. The van der Waals surface area contributed by atoms with Crippen molar-refractivity contribution in [3.63, 3.8) is 0 Å². The molecule has 1 aliphatic carbocycles. The summed E-state index contributed by atoms with van der Waals surface area (Å²) >= 11 is 0. The molecule has 0 heterocycles. The Bertz CT molecular complexity index is 976. The Hall–Kier alpha value is -3.84. The van der Waals surface area contributed by atoms with Gasteiger partial charge in [-0.3, -0.25) is 0 Å². The molecule has 0 saturated heterocycles.